The van der Waals surface area contributed by atoms with Crippen molar-refractivity contribution in [2.75, 3.05) is 7.11 Å². The van der Waals surface area contributed by atoms with Crippen molar-refractivity contribution in [1.82, 2.24) is 0 Å². The van der Waals surface area contributed by atoms with E-state index in [4.69, 9.17) is 14.2 Å². The molecular formula is C47H68O6. The quantitative estimate of drug-likeness (QED) is 0.103. The third kappa shape index (κ3) is 6.96. The minimum absolute atomic E-state index is 0.0350. The van der Waals surface area contributed by atoms with E-state index in [9.17, 15) is 14.4 Å². The summed E-state index contributed by atoms with van der Waals surface area (Å²) in [5.41, 5.74) is 2.15. The number of ether oxygens (including phenoxy) is 3. The molecule has 6 heteroatoms. The van der Waals surface area contributed by atoms with E-state index in [1.54, 1.807) is 6.08 Å². The first-order valence-electron chi connectivity index (χ1n) is 20.6. The van der Waals surface area contributed by atoms with E-state index >= 15 is 0 Å². The van der Waals surface area contributed by atoms with Gasteiger partial charge in [-0.05, 0) is 133 Å². The van der Waals surface area contributed by atoms with Crippen molar-refractivity contribution in [3.8, 4) is 0 Å². The van der Waals surface area contributed by atoms with Gasteiger partial charge in [-0.2, -0.15) is 0 Å². The SMILES string of the molecule is C=C(C)[C@@H]1CC[C@]2(/C=C/C(=O)OC)CC[C@]3(C)C(CCC4[C@@]5(C)CC[C@H](OC(=O)CC(C)(C)CC(=O)OCc6ccccc6)C(C)(C)C5CC[C@]43C)C12. The molecule has 0 aromatic heterocycles. The Kier molecular flexibility index (Phi) is 10.7. The van der Waals surface area contributed by atoms with Gasteiger partial charge in [0.25, 0.3) is 0 Å². The molecule has 4 unspecified atom stereocenters. The summed E-state index contributed by atoms with van der Waals surface area (Å²) in [5.74, 6) is 1.89. The fourth-order valence-electron chi connectivity index (χ4n) is 13.8. The molecule has 292 valence electrons. The van der Waals surface area contributed by atoms with Crippen LogP contribution in [0, 0.1) is 62.1 Å². The highest BCUT2D eigenvalue weighted by Gasteiger charge is 2.70. The smallest absolute Gasteiger partial charge is 0.330 e. The highest BCUT2D eigenvalue weighted by molar-refractivity contribution is 5.82. The maximum atomic E-state index is 13.6. The van der Waals surface area contributed by atoms with E-state index in [-0.39, 0.29) is 70.5 Å². The lowest BCUT2D eigenvalue weighted by Gasteiger charge is -2.73. The van der Waals surface area contributed by atoms with Crippen LogP contribution in [0.1, 0.15) is 138 Å². The Bertz CT molecular complexity index is 1590. The molecule has 1 aromatic carbocycles. The minimum atomic E-state index is -0.561. The van der Waals surface area contributed by atoms with Gasteiger partial charge in [-0.15, -0.1) is 0 Å². The molecule has 0 saturated heterocycles. The van der Waals surface area contributed by atoms with Crippen LogP contribution in [-0.2, 0) is 35.2 Å². The number of methoxy groups -OCH3 is 1. The molecule has 0 N–H and O–H groups in total. The number of fused-ring (bicyclic) bond motifs is 7. The van der Waals surface area contributed by atoms with E-state index in [2.05, 4.69) is 54.2 Å². The first-order valence-corrected chi connectivity index (χ1v) is 20.6. The van der Waals surface area contributed by atoms with E-state index < -0.39 is 5.41 Å². The zero-order valence-corrected chi connectivity index (χ0v) is 34.4. The molecule has 0 amide bonds. The number of carbonyl (C=O) groups is 3. The van der Waals surface area contributed by atoms with Crippen LogP contribution in [0.4, 0.5) is 0 Å². The molecule has 0 spiro atoms. The molecule has 6 rings (SSSR count). The summed E-state index contributed by atoms with van der Waals surface area (Å²) in [7, 11) is 1.47. The zero-order valence-electron chi connectivity index (χ0n) is 34.4. The van der Waals surface area contributed by atoms with E-state index in [1.165, 1.54) is 38.4 Å². The van der Waals surface area contributed by atoms with Gasteiger partial charge >= 0.3 is 17.9 Å². The van der Waals surface area contributed by atoms with Gasteiger partial charge in [-0.3, -0.25) is 9.59 Å². The summed E-state index contributed by atoms with van der Waals surface area (Å²) in [5, 5.41) is 0. The van der Waals surface area contributed by atoms with Crippen LogP contribution in [0.5, 0.6) is 0 Å². The Labute approximate surface area is 320 Å². The van der Waals surface area contributed by atoms with Gasteiger partial charge in [0.15, 0.2) is 0 Å². The predicted octanol–water partition coefficient (Wildman–Crippen LogP) is 10.8. The molecular weight excluding hydrogens is 661 g/mol. The topological polar surface area (TPSA) is 78.9 Å². The van der Waals surface area contributed by atoms with Crippen molar-refractivity contribution in [3.05, 3.63) is 60.2 Å². The van der Waals surface area contributed by atoms with Gasteiger partial charge in [0.05, 0.1) is 20.0 Å². The van der Waals surface area contributed by atoms with Gasteiger partial charge in [0.1, 0.15) is 12.7 Å². The predicted molar refractivity (Wildman–Crippen MR) is 209 cm³/mol. The molecule has 0 bridgehead atoms. The lowest BCUT2D eigenvalue weighted by atomic mass is 9.32. The Morgan fingerprint density at radius 1 is 0.830 bits per heavy atom. The monoisotopic (exact) mass is 729 g/mol. The summed E-state index contributed by atoms with van der Waals surface area (Å²) in [4.78, 5) is 38.6. The van der Waals surface area contributed by atoms with Crippen molar-refractivity contribution < 1.29 is 28.6 Å². The maximum Gasteiger partial charge on any atom is 0.330 e. The molecule has 0 heterocycles. The average molecular weight is 729 g/mol. The molecule has 0 radical (unpaired) electrons. The van der Waals surface area contributed by atoms with Crippen LogP contribution in [0.2, 0.25) is 0 Å². The molecule has 53 heavy (non-hydrogen) atoms. The molecule has 10 atom stereocenters. The average Bonchev–Trinajstić information content (AvgIpc) is 3.48. The van der Waals surface area contributed by atoms with Crippen LogP contribution in [-0.4, -0.2) is 31.1 Å². The number of hydrogen-bond donors (Lipinski definition) is 0. The van der Waals surface area contributed by atoms with E-state index in [0.29, 0.717) is 29.6 Å². The van der Waals surface area contributed by atoms with E-state index in [1.807, 2.05) is 44.2 Å². The summed E-state index contributed by atoms with van der Waals surface area (Å²) in [6, 6.07) is 9.68. The van der Waals surface area contributed by atoms with Crippen molar-refractivity contribution in [3.63, 3.8) is 0 Å². The van der Waals surface area contributed by atoms with Crippen LogP contribution in [0.15, 0.2) is 54.6 Å². The summed E-state index contributed by atoms with van der Waals surface area (Å²) >= 11 is 0. The number of carbonyl (C=O) groups excluding carboxylic acids is 3. The summed E-state index contributed by atoms with van der Waals surface area (Å²) < 4.78 is 17.0. The summed E-state index contributed by atoms with van der Waals surface area (Å²) in [6.07, 6.45) is 15.5. The number of esters is 3. The second kappa shape index (κ2) is 14.3. The van der Waals surface area contributed by atoms with Gasteiger partial charge in [-0.1, -0.05) is 97.0 Å². The Morgan fingerprint density at radius 2 is 1.53 bits per heavy atom. The third-order valence-electron chi connectivity index (χ3n) is 16.6. The standard InChI is InChI=1S/C47H68O6/c1-31(2)33-18-24-47(25-21-38(48)51-10)27-26-45(8)34(41(33)47)16-17-36-44(7)22-20-37(43(5,6)35(44)19-23-46(36,45)9)53-40(50)29-42(3,4)28-39(49)52-30-32-14-12-11-13-15-32/h11-15,21,25,33-37,41H,1,16-20,22-24,26-30H2,2-10H3/b25-21+/t33-,34?,35?,36?,37-,41?,44-,45+,46+,47-/m0/s1. The van der Waals surface area contributed by atoms with Gasteiger partial charge in [0, 0.05) is 11.5 Å². The first-order chi connectivity index (χ1) is 24.8. The maximum absolute atomic E-state index is 13.6. The molecule has 1 aromatic rings. The fourth-order valence-corrected chi connectivity index (χ4v) is 13.8. The molecule has 5 aliphatic carbocycles. The lowest BCUT2D eigenvalue weighted by molar-refractivity contribution is -0.247. The summed E-state index contributed by atoms with van der Waals surface area (Å²) in [6.45, 7) is 23.5. The number of rotatable bonds is 10. The first kappa shape index (κ1) is 39.8. The Hall–Kier alpha value is -2.89. The molecule has 5 saturated carbocycles. The van der Waals surface area contributed by atoms with Gasteiger partial charge in [0.2, 0.25) is 0 Å². The van der Waals surface area contributed by atoms with Crippen LogP contribution in [0.3, 0.4) is 0 Å². The van der Waals surface area contributed by atoms with Crippen molar-refractivity contribution in [2.45, 2.75) is 145 Å². The molecule has 6 nitrogen and oxygen atoms in total. The van der Waals surface area contributed by atoms with Crippen molar-refractivity contribution in [2.24, 2.45) is 62.1 Å². The van der Waals surface area contributed by atoms with Crippen molar-refractivity contribution in [1.29, 1.82) is 0 Å². The second-order valence-electron chi connectivity index (χ2n) is 20.3. The fraction of sp³-hybridized carbons (Fsp3) is 0.723. The number of hydrogen-bond acceptors (Lipinski definition) is 6. The van der Waals surface area contributed by atoms with Crippen LogP contribution in [0.25, 0.3) is 0 Å². The second-order valence-corrected chi connectivity index (χ2v) is 20.3. The minimum Gasteiger partial charge on any atom is -0.466 e. The van der Waals surface area contributed by atoms with Crippen LogP contribution >= 0.6 is 0 Å². The van der Waals surface area contributed by atoms with E-state index in [0.717, 1.165) is 44.1 Å². The molecule has 5 aliphatic rings. The molecule has 0 aliphatic heterocycles. The lowest BCUT2D eigenvalue weighted by Crippen LogP contribution is -2.66. The highest BCUT2D eigenvalue weighted by Crippen LogP contribution is 2.77. The Morgan fingerprint density at radius 3 is 2.21 bits per heavy atom. The van der Waals surface area contributed by atoms with Gasteiger partial charge < -0.3 is 14.2 Å². The van der Waals surface area contributed by atoms with Crippen LogP contribution < -0.4 is 0 Å². The Balaban J connectivity index is 1.15. The van der Waals surface area contributed by atoms with Gasteiger partial charge in [-0.25, -0.2) is 4.79 Å². The van der Waals surface area contributed by atoms with Crippen molar-refractivity contribution >= 4 is 17.9 Å². The molecule has 5 fully saturated rings. The highest BCUT2D eigenvalue weighted by atomic mass is 16.5. The number of benzene rings is 1. The third-order valence-corrected chi connectivity index (χ3v) is 16.6. The largest absolute Gasteiger partial charge is 0.466 e. The zero-order chi connectivity index (χ0) is 38.6. The normalized spacial score (nSPS) is 38.8. The number of allylic oxidation sites excluding steroid dienone is 2.